The van der Waals surface area contributed by atoms with E-state index in [0.29, 0.717) is 19.6 Å². The number of para-hydroxylation sites is 1. The number of halogens is 2. The molecule has 2 aromatic rings. The van der Waals surface area contributed by atoms with E-state index in [0.717, 1.165) is 13.0 Å². The van der Waals surface area contributed by atoms with Crippen LogP contribution in [0.2, 0.25) is 0 Å². The van der Waals surface area contributed by atoms with Gasteiger partial charge < -0.3 is 5.32 Å². The molecule has 23 heavy (non-hydrogen) atoms. The second-order valence-electron chi connectivity index (χ2n) is 5.08. The lowest BCUT2D eigenvalue weighted by Gasteiger charge is -2.18. The molecule has 1 aliphatic rings. The highest BCUT2D eigenvalue weighted by Gasteiger charge is 2.26. The van der Waals surface area contributed by atoms with E-state index >= 15 is 0 Å². The molecule has 0 spiro atoms. The van der Waals surface area contributed by atoms with Gasteiger partial charge in [-0.2, -0.15) is 9.40 Å². The highest BCUT2D eigenvalue weighted by atomic mass is 35.5. The van der Waals surface area contributed by atoms with Crippen molar-refractivity contribution < 1.29 is 12.8 Å². The first kappa shape index (κ1) is 17.9. The lowest BCUT2D eigenvalue weighted by molar-refractivity contribution is 0.432. The van der Waals surface area contributed by atoms with E-state index < -0.39 is 15.8 Å². The Balaban J connectivity index is 0.00000192. The summed E-state index contributed by atoms with van der Waals surface area (Å²) in [6.45, 7) is 2.33. The van der Waals surface area contributed by atoms with Gasteiger partial charge in [0, 0.05) is 19.6 Å². The third-order valence-electron chi connectivity index (χ3n) is 3.60. The Hall–Kier alpha value is -1.48. The van der Waals surface area contributed by atoms with Crippen LogP contribution >= 0.6 is 12.4 Å². The maximum Gasteiger partial charge on any atom is 0.246 e. The van der Waals surface area contributed by atoms with E-state index in [4.69, 9.17) is 0 Å². The lowest BCUT2D eigenvalue weighted by Crippen LogP contribution is -2.34. The molecule has 3 rings (SSSR count). The summed E-state index contributed by atoms with van der Waals surface area (Å²) in [5, 5.41) is 7.15. The van der Waals surface area contributed by atoms with Crippen LogP contribution < -0.4 is 5.32 Å². The van der Waals surface area contributed by atoms with E-state index in [-0.39, 0.29) is 23.0 Å². The average molecular weight is 361 g/mol. The number of aromatic nitrogens is 2. The zero-order chi connectivity index (χ0) is 15.6. The summed E-state index contributed by atoms with van der Waals surface area (Å²) in [6, 6.07) is 6.11. The SMILES string of the molecule is Cl.O=S(=O)(c1cnn(-c2ccccc2F)c1)N1CCCNCC1. The molecule has 1 N–H and O–H groups in total. The van der Waals surface area contributed by atoms with Gasteiger partial charge in [-0.3, -0.25) is 0 Å². The highest BCUT2D eigenvalue weighted by Crippen LogP contribution is 2.19. The number of hydrogen-bond acceptors (Lipinski definition) is 4. The quantitative estimate of drug-likeness (QED) is 0.899. The Bertz CT molecular complexity index is 758. The summed E-state index contributed by atoms with van der Waals surface area (Å²) in [4.78, 5) is 0.0812. The maximum absolute atomic E-state index is 13.8. The minimum Gasteiger partial charge on any atom is -0.315 e. The molecule has 126 valence electrons. The van der Waals surface area contributed by atoms with Gasteiger partial charge in [0.2, 0.25) is 10.0 Å². The third kappa shape index (κ3) is 3.72. The maximum atomic E-state index is 13.8. The molecule has 0 aliphatic carbocycles. The molecule has 0 radical (unpaired) electrons. The van der Waals surface area contributed by atoms with Crippen LogP contribution in [0, 0.1) is 5.82 Å². The van der Waals surface area contributed by atoms with Crippen molar-refractivity contribution in [1.29, 1.82) is 0 Å². The summed E-state index contributed by atoms with van der Waals surface area (Å²) in [6.07, 6.45) is 3.38. The fourth-order valence-corrected chi connectivity index (χ4v) is 3.83. The molecule has 1 aromatic carbocycles. The fraction of sp³-hybridized carbons (Fsp3) is 0.357. The first-order valence-electron chi connectivity index (χ1n) is 7.09. The standard InChI is InChI=1S/C14H17FN4O2S.ClH/c15-13-4-1-2-5-14(13)19-11-12(10-17-19)22(20,21)18-8-3-6-16-7-9-18;/h1-2,4-5,10-11,16H,3,6-9H2;1H. The van der Waals surface area contributed by atoms with Crippen LogP contribution in [-0.4, -0.2) is 48.7 Å². The van der Waals surface area contributed by atoms with Gasteiger partial charge in [0.25, 0.3) is 0 Å². The predicted molar refractivity (Wildman–Crippen MR) is 87.0 cm³/mol. The Morgan fingerprint density at radius 1 is 1.17 bits per heavy atom. The van der Waals surface area contributed by atoms with Crippen LogP contribution in [0.1, 0.15) is 6.42 Å². The molecule has 1 aromatic heterocycles. The summed E-state index contributed by atoms with van der Waals surface area (Å²) < 4.78 is 41.7. The molecule has 6 nitrogen and oxygen atoms in total. The number of benzene rings is 1. The Kier molecular flexibility index (Phi) is 5.74. The second kappa shape index (κ2) is 7.39. The van der Waals surface area contributed by atoms with Crippen molar-refractivity contribution in [3.8, 4) is 5.69 Å². The van der Waals surface area contributed by atoms with E-state index in [1.54, 1.807) is 18.2 Å². The normalized spacial score (nSPS) is 16.6. The van der Waals surface area contributed by atoms with Gasteiger partial charge in [-0.1, -0.05) is 12.1 Å². The van der Waals surface area contributed by atoms with Crippen LogP contribution in [0.4, 0.5) is 4.39 Å². The van der Waals surface area contributed by atoms with Crippen molar-refractivity contribution in [2.75, 3.05) is 26.2 Å². The molecule has 1 aliphatic heterocycles. The van der Waals surface area contributed by atoms with Crippen LogP contribution in [-0.2, 0) is 10.0 Å². The largest absolute Gasteiger partial charge is 0.315 e. The minimum absolute atomic E-state index is 0. The van der Waals surface area contributed by atoms with Gasteiger partial charge in [-0.05, 0) is 25.1 Å². The number of sulfonamides is 1. The zero-order valence-electron chi connectivity index (χ0n) is 12.4. The molecule has 1 fully saturated rings. The Labute approximate surface area is 140 Å². The van der Waals surface area contributed by atoms with Gasteiger partial charge in [-0.25, -0.2) is 17.5 Å². The first-order chi connectivity index (χ1) is 10.6. The van der Waals surface area contributed by atoms with Crippen molar-refractivity contribution in [2.24, 2.45) is 0 Å². The molecular formula is C14H18ClFN4O2S. The average Bonchev–Trinajstić information content (AvgIpc) is 2.83. The monoisotopic (exact) mass is 360 g/mol. The van der Waals surface area contributed by atoms with Gasteiger partial charge in [0.1, 0.15) is 16.4 Å². The highest BCUT2D eigenvalue weighted by molar-refractivity contribution is 7.89. The molecule has 0 unspecified atom stereocenters. The van der Waals surface area contributed by atoms with Crippen molar-refractivity contribution in [2.45, 2.75) is 11.3 Å². The predicted octanol–water partition coefficient (Wildman–Crippen LogP) is 1.42. The first-order valence-corrected chi connectivity index (χ1v) is 8.53. The molecule has 2 heterocycles. The second-order valence-corrected chi connectivity index (χ2v) is 7.02. The number of hydrogen-bond donors (Lipinski definition) is 1. The van der Waals surface area contributed by atoms with Crippen LogP contribution in [0.25, 0.3) is 5.69 Å². The molecule has 0 saturated carbocycles. The van der Waals surface area contributed by atoms with E-state index in [1.165, 1.54) is 27.4 Å². The smallest absolute Gasteiger partial charge is 0.246 e. The van der Waals surface area contributed by atoms with Crippen LogP contribution in [0.3, 0.4) is 0 Å². The van der Waals surface area contributed by atoms with Gasteiger partial charge in [-0.15, -0.1) is 12.4 Å². The topological polar surface area (TPSA) is 67.2 Å². The van der Waals surface area contributed by atoms with Crippen molar-refractivity contribution in [1.82, 2.24) is 19.4 Å². The molecule has 0 bridgehead atoms. The van der Waals surface area contributed by atoms with Gasteiger partial charge >= 0.3 is 0 Å². The number of rotatable bonds is 3. The van der Waals surface area contributed by atoms with E-state index in [1.807, 2.05) is 0 Å². The van der Waals surface area contributed by atoms with Gasteiger partial charge in [0.15, 0.2) is 0 Å². The zero-order valence-corrected chi connectivity index (χ0v) is 14.0. The number of nitrogens with one attached hydrogen (secondary N) is 1. The fourth-order valence-electron chi connectivity index (χ4n) is 2.42. The summed E-state index contributed by atoms with van der Waals surface area (Å²) in [7, 11) is -3.60. The van der Waals surface area contributed by atoms with E-state index in [9.17, 15) is 12.8 Å². The molecule has 0 atom stereocenters. The molecule has 9 heteroatoms. The van der Waals surface area contributed by atoms with Crippen LogP contribution in [0.15, 0.2) is 41.6 Å². The minimum atomic E-state index is -3.60. The number of nitrogens with zero attached hydrogens (tertiary/aromatic N) is 3. The summed E-state index contributed by atoms with van der Waals surface area (Å²) >= 11 is 0. The third-order valence-corrected chi connectivity index (χ3v) is 5.45. The van der Waals surface area contributed by atoms with E-state index in [2.05, 4.69) is 10.4 Å². The van der Waals surface area contributed by atoms with Crippen LogP contribution in [0.5, 0.6) is 0 Å². The molecular weight excluding hydrogens is 343 g/mol. The van der Waals surface area contributed by atoms with Crippen molar-refractivity contribution in [3.63, 3.8) is 0 Å². The van der Waals surface area contributed by atoms with Gasteiger partial charge in [0.05, 0.1) is 12.4 Å². The summed E-state index contributed by atoms with van der Waals surface area (Å²) in [5.41, 5.74) is 0.224. The Morgan fingerprint density at radius 2 is 1.96 bits per heavy atom. The van der Waals surface area contributed by atoms with Crippen molar-refractivity contribution >= 4 is 22.4 Å². The Morgan fingerprint density at radius 3 is 2.74 bits per heavy atom. The molecule has 1 saturated heterocycles. The van der Waals surface area contributed by atoms with Crippen molar-refractivity contribution in [3.05, 3.63) is 42.5 Å². The molecule has 0 amide bonds. The lowest BCUT2D eigenvalue weighted by atomic mass is 10.3. The summed E-state index contributed by atoms with van der Waals surface area (Å²) in [5.74, 6) is -0.450.